The third-order valence-corrected chi connectivity index (χ3v) is 2.30. The highest BCUT2D eigenvalue weighted by molar-refractivity contribution is 6.32. The van der Waals surface area contributed by atoms with E-state index in [1.807, 2.05) is 19.1 Å². The average Bonchev–Trinajstić information content (AvgIpc) is 2.11. The molecule has 0 saturated carbocycles. The summed E-state index contributed by atoms with van der Waals surface area (Å²) in [5.74, 6) is -0.927. The van der Waals surface area contributed by atoms with Gasteiger partial charge < -0.3 is 5.11 Å². The molecule has 0 fully saturated rings. The minimum atomic E-state index is -0.927. The zero-order valence-corrected chi connectivity index (χ0v) is 8.80. The lowest BCUT2D eigenvalue weighted by Crippen LogP contribution is -1.96. The molecule has 0 heterocycles. The molecule has 2 nitrogen and oxygen atoms in total. The molecule has 0 aliphatic heterocycles. The van der Waals surface area contributed by atoms with E-state index in [1.54, 1.807) is 19.1 Å². The molecule has 1 aromatic carbocycles. The van der Waals surface area contributed by atoms with Gasteiger partial charge in [0.2, 0.25) is 0 Å². The van der Waals surface area contributed by atoms with E-state index in [-0.39, 0.29) is 5.57 Å². The van der Waals surface area contributed by atoms with Crippen LogP contribution in [0.25, 0.3) is 6.08 Å². The minimum absolute atomic E-state index is 0.279. The third-order valence-electron chi connectivity index (χ3n) is 1.97. The van der Waals surface area contributed by atoms with Gasteiger partial charge in [0.25, 0.3) is 0 Å². The van der Waals surface area contributed by atoms with Gasteiger partial charge in [0.1, 0.15) is 0 Å². The zero-order chi connectivity index (χ0) is 10.7. The fourth-order valence-corrected chi connectivity index (χ4v) is 1.38. The fourth-order valence-electron chi connectivity index (χ4n) is 1.11. The molecular weight excluding hydrogens is 200 g/mol. The molecule has 0 bridgehead atoms. The van der Waals surface area contributed by atoms with Crippen LogP contribution in [0.4, 0.5) is 0 Å². The van der Waals surface area contributed by atoms with Gasteiger partial charge >= 0.3 is 5.97 Å². The largest absolute Gasteiger partial charge is 0.478 e. The first-order valence-electron chi connectivity index (χ1n) is 4.19. The van der Waals surface area contributed by atoms with Gasteiger partial charge in [-0.1, -0.05) is 23.7 Å². The number of hydrogen-bond donors (Lipinski definition) is 1. The zero-order valence-electron chi connectivity index (χ0n) is 8.04. The lowest BCUT2D eigenvalue weighted by Gasteiger charge is -2.03. The van der Waals surface area contributed by atoms with Crippen molar-refractivity contribution in [2.75, 3.05) is 0 Å². The lowest BCUT2D eigenvalue weighted by molar-refractivity contribution is -0.132. The first-order valence-corrected chi connectivity index (χ1v) is 4.57. The summed E-state index contributed by atoms with van der Waals surface area (Å²) in [6.07, 6.45) is 1.58. The van der Waals surface area contributed by atoms with Crippen LogP contribution in [0, 0.1) is 6.92 Å². The highest BCUT2D eigenvalue weighted by Gasteiger charge is 2.04. The van der Waals surface area contributed by atoms with Crippen LogP contribution in [0.5, 0.6) is 0 Å². The summed E-state index contributed by atoms with van der Waals surface area (Å²) in [5.41, 5.74) is 2.02. The maximum Gasteiger partial charge on any atom is 0.331 e. The molecule has 1 N–H and O–H groups in total. The van der Waals surface area contributed by atoms with Crippen molar-refractivity contribution in [3.63, 3.8) is 0 Å². The summed E-state index contributed by atoms with van der Waals surface area (Å²) >= 11 is 5.94. The van der Waals surface area contributed by atoms with E-state index in [0.717, 1.165) is 11.1 Å². The number of benzene rings is 1. The van der Waals surface area contributed by atoms with Gasteiger partial charge in [0.15, 0.2) is 0 Å². The smallest absolute Gasteiger partial charge is 0.331 e. The quantitative estimate of drug-likeness (QED) is 0.762. The van der Waals surface area contributed by atoms with Crippen molar-refractivity contribution >= 4 is 23.6 Å². The van der Waals surface area contributed by atoms with Gasteiger partial charge in [-0.15, -0.1) is 0 Å². The van der Waals surface area contributed by atoms with E-state index < -0.39 is 5.97 Å². The molecule has 1 aromatic rings. The molecule has 0 aliphatic carbocycles. The molecule has 0 saturated heterocycles. The van der Waals surface area contributed by atoms with Crippen LogP contribution in [0.15, 0.2) is 23.8 Å². The molecule has 1 rings (SSSR count). The van der Waals surface area contributed by atoms with Gasteiger partial charge in [-0.3, -0.25) is 0 Å². The Balaban J connectivity index is 3.20. The number of carboxylic acid groups (broad SMARTS) is 1. The summed E-state index contributed by atoms with van der Waals surface area (Å²) in [6.45, 7) is 3.44. The molecular formula is C11H11ClO2. The Labute approximate surface area is 87.8 Å². The van der Waals surface area contributed by atoms with Gasteiger partial charge in [0, 0.05) is 10.6 Å². The normalized spacial score (nSPS) is 11.5. The maximum atomic E-state index is 10.6. The van der Waals surface area contributed by atoms with E-state index in [2.05, 4.69) is 0 Å². The van der Waals surface area contributed by atoms with Crippen LogP contribution in [0.1, 0.15) is 18.1 Å². The second-order valence-electron chi connectivity index (χ2n) is 3.10. The van der Waals surface area contributed by atoms with Crippen molar-refractivity contribution in [1.82, 2.24) is 0 Å². The Bertz CT molecular complexity index is 374. The fraction of sp³-hybridized carbons (Fsp3) is 0.182. The lowest BCUT2D eigenvalue weighted by atomic mass is 10.1. The van der Waals surface area contributed by atoms with Crippen LogP contribution in [-0.4, -0.2) is 11.1 Å². The topological polar surface area (TPSA) is 37.3 Å². The van der Waals surface area contributed by atoms with Crippen LogP contribution in [0.2, 0.25) is 5.02 Å². The second kappa shape index (κ2) is 4.29. The predicted octanol–water partition coefficient (Wildman–Crippen LogP) is 3.14. The number of carboxylic acids is 1. The van der Waals surface area contributed by atoms with E-state index in [4.69, 9.17) is 16.7 Å². The summed E-state index contributed by atoms with van der Waals surface area (Å²) in [4.78, 5) is 10.6. The maximum absolute atomic E-state index is 10.6. The summed E-state index contributed by atoms with van der Waals surface area (Å²) in [6, 6.07) is 5.48. The van der Waals surface area contributed by atoms with Gasteiger partial charge in [-0.2, -0.15) is 0 Å². The molecule has 3 heteroatoms. The molecule has 0 atom stereocenters. The van der Waals surface area contributed by atoms with Gasteiger partial charge in [-0.25, -0.2) is 4.79 Å². The van der Waals surface area contributed by atoms with E-state index in [0.29, 0.717) is 5.02 Å². The Morgan fingerprint density at radius 3 is 2.64 bits per heavy atom. The van der Waals surface area contributed by atoms with Crippen LogP contribution >= 0.6 is 11.6 Å². The summed E-state index contributed by atoms with van der Waals surface area (Å²) in [5, 5.41) is 9.29. The number of hydrogen-bond acceptors (Lipinski definition) is 1. The second-order valence-corrected chi connectivity index (χ2v) is 3.51. The number of aryl methyl sites for hydroxylation is 1. The standard InChI is InChI=1S/C11H11ClO2/c1-7-4-3-5-10(12)9(7)6-8(2)11(13)14/h3-6H,1-2H3,(H,13,14)/b8-6+. The van der Waals surface area contributed by atoms with Crippen molar-refractivity contribution in [2.45, 2.75) is 13.8 Å². The SMILES string of the molecule is C/C(=C\c1c(C)cccc1Cl)C(=O)O. The Morgan fingerprint density at radius 1 is 1.50 bits per heavy atom. The number of aliphatic carboxylic acids is 1. The van der Waals surface area contributed by atoms with Gasteiger partial charge in [-0.05, 0) is 37.1 Å². The van der Waals surface area contributed by atoms with Crippen LogP contribution < -0.4 is 0 Å². The van der Waals surface area contributed by atoms with E-state index in [1.165, 1.54) is 0 Å². The minimum Gasteiger partial charge on any atom is -0.478 e. The Morgan fingerprint density at radius 2 is 2.14 bits per heavy atom. The Hall–Kier alpha value is -1.28. The van der Waals surface area contributed by atoms with Crippen LogP contribution in [-0.2, 0) is 4.79 Å². The van der Waals surface area contributed by atoms with Crippen LogP contribution in [0.3, 0.4) is 0 Å². The average molecular weight is 211 g/mol. The first-order chi connectivity index (χ1) is 6.52. The number of carbonyl (C=O) groups is 1. The van der Waals surface area contributed by atoms with Crippen molar-refractivity contribution in [3.8, 4) is 0 Å². The molecule has 0 aromatic heterocycles. The van der Waals surface area contributed by atoms with Gasteiger partial charge in [0.05, 0.1) is 0 Å². The highest BCUT2D eigenvalue weighted by Crippen LogP contribution is 2.22. The summed E-state index contributed by atoms with van der Waals surface area (Å²) in [7, 11) is 0. The van der Waals surface area contributed by atoms with Crippen molar-refractivity contribution in [2.24, 2.45) is 0 Å². The molecule has 0 spiro atoms. The van der Waals surface area contributed by atoms with E-state index in [9.17, 15) is 4.79 Å². The highest BCUT2D eigenvalue weighted by atomic mass is 35.5. The van der Waals surface area contributed by atoms with E-state index >= 15 is 0 Å². The molecule has 0 aliphatic rings. The van der Waals surface area contributed by atoms with Crippen molar-refractivity contribution in [3.05, 3.63) is 39.9 Å². The monoisotopic (exact) mass is 210 g/mol. The first kappa shape index (κ1) is 10.8. The van der Waals surface area contributed by atoms with Crippen molar-refractivity contribution < 1.29 is 9.90 Å². The molecule has 14 heavy (non-hydrogen) atoms. The summed E-state index contributed by atoms with van der Waals surface area (Å²) < 4.78 is 0. The molecule has 0 amide bonds. The molecule has 0 unspecified atom stereocenters. The Kier molecular flexibility index (Phi) is 3.31. The number of rotatable bonds is 2. The third kappa shape index (κ3) is 2.36. The van der Waals surface area contributed by atoms with Crippen molar-refractivity contribution in [1.29, 1.82) is 0 Å². The number of halogens is 1. The molecule has 74 valence electrons. The predicted molar refractivity (Wildman–Crippen MR) is 57.5 cm³/mol. The molecule has 0 radical (unpaired) electrons.